The molecule has 0 amide bonds. The van der Waals surface area contributed by atoms with Gasteiger partial charge in [-0.25, -0.2) is 0 Å². The van der Waals surface area contributed by atoms with E-state index >= 15 is 0 Å². The topological polar surface area (TPSA) is 41.5 Å². The second-order valence-corrected chi connectivity index (χ2v) is 4.94. The van der Waals surface area contributed by atoms with Gasteiger partial charge in [-0.1, -0.05) is 48.5 Å². The van der Waals surface area contributed by atoms with E-state index < -0.39 is 5.54 Å². The van der Waals surface area contributed by atoms with Crippen LogP contribution in [0.5, 0.6) is 5.75 Å². The van der Waals surface area contributed by atoms with Crippen LogP contribution in [0.2, 0.25) is 0 Å². The van der Waals surface area contributed by atoms with Crippen molar-refractivity contribution in [3.05, 3.63) is 66.2 Å². The average molecular weight is 271 g/mol. The van der Waals surface area contributed by atoms with Gasteiger partial charge in [0.15, 0.2) is 0 Å². The Kier molecular flexibility index (Phi) is 5.16. The molecule has 20 heavy (non-hydrogen) atoms. The van der Waals surface area contributed by atoms with Crippen molar-refractivity contribution in [3.63, 3.8) is 0 Å². The van der Waals surface area contributed by atoms with Crippen LogP contribution in [0, 0.1) is 0 Å². The van der Waals surface area contributed by atoms with Gasteiger partial charge in [-0.15, -0.1) is 0 Å². The Morgan fingerprint density at radius 2 is 1.60 bits per heavy atom. The summed E-state index contributed by atoms with van der Waals surface area (Å²) < 4.78 is 5.64. The Balaban J connectivity index is 1.85. The van der Waals surface area contributed by atoms with Gasteiger partial charge in [-0.3, -0.25) is 0 Å². The maximum Gasteiger partial charge on any atom is 0.119 e. The van der Waals surface area contributed by atoms with Crippen LogP contribution in [-0.4, -0.2) is 24.9 Å². The molecule has 0 fully saturated rings. The SMILES string of the molecule is CC(CO)(NCCOc1ccccc1)c1ccccc1. The van der Waals surface area contributed by atoms with E-state index in [4.69, 9.17) is 4.74 Å². The monoisotopic (exact) mass is 271 g/mol. The number of aliphatic hydroxyl groups is 1. The van der Waals surface area contributed by atoms with Crippen molar-refractivity contribution in [1.82, 2.24) is 5.32 Å². The molecule has 3 nitrogen and oxygen atoms in total. The highest BCUT2D eigenvalue weighted by molar-refractivity contribution is 5.24. The zero-order valence-corrected chi connectivity index (χ0v) is 11.8. The summed E-state index contributed by atoms with van der Waals surface area (Å²) in [6.07, 6.45) is 0. The summed E-state index contributed by atoms with van der Waals surface area (Å²) in [5.41, 5.74) is 0.628. The van der Waals surface area contributed by atoms with E-state index in [1.807, 2.05) is 67.6 Å². The van der Waals surface area contributed by atoms with Gasteiger partial charge in [-0.2, -0.15) is 0 Å². The Morgan fingerprint density at radius 3 is 2.20 bits per heavy atom. The quantitative estimate of drug-likeness (QED) is 0.760. The second-order valence-electron chi connectivity index (χ2n) is 4.94. The molecule has 0 bridgehead atoms. The van der Waals surface area contributed by atoms with E-state index in [1.54, 1.807) is 0 Å². The molecule has 0 radical (unpaired) electrons. The van der Waals surface area contributed by atoms with Crippen molar-refractivity contribution in [3.8, 4) is 5.75 Å². The summed E-state index contributed by atoms with van der Waals surface area (Å²) in [7, 11) is 0. The summed E-state index contributed by atoms with van der Waals surface area (Å²) in [5, 5.41) is 13.0. The first kappa shape index (κ1) is 14.6. The maximum atomic E-state index is 9.65. The van der Waals surface area contributed by atoms with Gasteiger partial charge < -0.3 is 15.2 Å². The van der Waals surface area contributed by atoms with Crippen LogP contribution >= 0.6 is 0 Å². The molecule has 1 unspecified atom stereocenters. The van der Waals surface area contributed by atoms with E-state index in [0.717, 1.165) is 11.3 Å². The number of hydrogen-bond acceptors (Lipinski definition) is 3. The van der Waals surface area contributed by atoms with E-state index in [1.165, 1.54) is 0 Å². The highest BCUT2D eigenvalue weighted by Gasteiger charge is 2.24. The lowest BCUT2D eigenvalue weighted by Crippen LogP contribution is -2.44. The minimum atomic E-state index is -0.443. The van der Waals surface area contributed by atoms with Crippen LogP contribution in [0.1, 0.15) is 12.5 Å². The smallest absolute Gasteiger partial charge is 0.119 e. The average Bonchev–Trinajstić information content (AvgIpc) is 2.53. The second kappa shape index (κ2) is 7.08. The predicted octanol–water partition coefficient (Wildman–Crippen LogP) is 2.56. The van der Waals surface area contributed by atoms with Crippen molar-refractivity contribution in [2.24, 2.45) is 0 Å². The number of nitrogens with one attached hydrogen (secondary N) is 1. The molecule has 0 saturated carbocycles. The third-order valence-electron chi connectivity index (χ3n) is 3.36. The molecular formula is C17H21NO2. The van der Waals surface area contributed by atoms with E-state index in [2.05, 4.69) is 5.32 Å². The minimum Gasteiger partial charge on any atom is -0.492 e. The normalized spacial score (nSPS) is 13.7. The first-order valence-corrected chi connectivity index (χ1v) is 6.84. The fourth-order valence-electron chi connectivity index (χ4n) is 2.07. The Bertz CT molecular complexity index is 501. The molecule has 2 rings (SSSR count). The van der Waals surface area contributed by atoms with Crippen LogP contribution in [-0.2, 0) is 5.54 Å². The van der Waals surface area contributed by atoms with Gasteiger partial charge in [0.1, 0.15) is 12.4 Å². The van der Waals surface area contributed by atoms with E-state index in [0.29, 0.717) is 13.2 Å². The van der Waals surface area contributed by atoms with Crippen LogP contribution in [0.25, 0.3) is 0 Å². The molecule has 0 aliphatic heterocycles. The Morgan fingerprint density at radius 1 is 1.00 bits per heavy atom. The zero-order chi connectivity index (χ0) is 14.3. The molecule has 0 saturated heterocycles. The molecule has 106 valence electrons. The molecule has 2 aromatic rings. The predicted molar refractivity (Wildman–Crippen MR) is 80.8 cm³/mol. The summed E-state index contributed by atoms with van der Waals surface area (Å²) in [6.45, 7) is 3.26. The lowest BCUT2D eigenvalue weighted by atomic mass is 9.93. The lowest BCUT2D eigenvalue weighted by molar-refractivity contribution is 0.167. The van der Waals surface area contributed by atoms with E-state index in [-0.39, 0.29) is 6.61 Å². The molecule has 0 aromatic heterocycles. The molecule has 1 atom stereocenters. The highest BCUT2D eigenvalue weighted by atomic mass is 16.5. The van der Waals surface area contributed by atoms with Crippen LogP contribution < -0.4 is 10.1 Å². The molecule has 0 aliphatic carbocycles. The zero-order valence-electron chi connectivity index (χ0n) is 11.8. The minimum absolute atomic E-state index is 0.0440. The number of para-hydroxylation sites is 1. The number of hydrogen-bond donors (Lipinski definition) is 2. The van der Waals surface area contributed by atoms with Crippen molar-refractivity contribution >= 4 is 0 Å². The largest absolute Gasteiger partial charge is 0.492 e. The molecular weight excluding hydrogens is 250 g/mol. The van der Waals surface area contributed by atoms with Crippen molar-refractivity contribution in [2.45, 2.75) is 12.5 Å². The molecule has 2 aromatic carbocycles. The lowest BCUT2D eigenvalue weighted by Gasteiger charge is -2.29. The highest BCUT2D eigenvalue weighted by Crippen LogP contribution is 2.19. The van der Waals surface area contributed by atoms with Gasteiger partial charge in [-0.05, 0) is 24.6 Å². The van der Waals surface area contributed by atoms with Crippen LogP contribution in [0.4, 0.5) is 0 Å². The summed E-state index contributed by atoms with van der Waals surface area (Å²) in [5.74, 6) is 0.861. The molecule has 0 spiro atoms. The third kappa shape index (κ3) is 3.83. The van der Waals surface area contributed by atoms with Crippen molar-refractivity contribution in [2.75, 3.05) is 19.8 Å². The fraction of sp³-hybridized carbons (Fsp3) is 0.294. The number of aliphatic hydroxyl groups excluding tert-OH is 1. The Labute approximate surface area is 120 Å². The van der Waals surface area contributed by atoms with E-state index in [9.17, 15) is 5.11 Å². The third-order valence-corrected chi connectivity index (χ3v) is 3.36. The van der Waals surface area contributed by atoms with Gasteiger partial charge in [0.05, 0.1) is 12.1 Å². The molecule has 2 N–H and O–H groups in total. The summed E-state index contributed by atoms with van der Waals surface area (Å²) in [6, 6.07) is 19.7. The summed E-state index contributed by atoms with van der Waals surface area (Å²) >= 11 is 0. The van der Waals surface area contributed by atoms with Crippen molar-refractivity contribution < 1.29 is 9.84 Å². The Hall–Kier alpha value is -1.84. The maximum absolute atomic E-state index is 9.65. The van der Waals surface area contributed by atoms with Crippen molar-refractivity contribution in [1.29, 1.82) is 0 Å². The van der Waals surface area contributed by atoms with Gasteiger partial charge in [0, 0.05) is 6.54 Å². The van der Waals surface area contributed by atoms with Gasteiger partial charge in [0.25, 0.3) is 0 Å². The standard InChI is InChI=1S/C17H21NO2/c1-17(14-19,15-8-4-2-5-9-15)18-12-13-20-16-10-6-3-7-11-16/h2-11,18-19H,12-14H2,1H3. The number of ether oxygens (including phenoxy) is 1. The van der Waals surface area contributed by atoms with Crippen LogP contribution in [0.3, 0.4) is 0 Å². The van der Waals surface area contributed by atoms with Crippen LogP contribution in [0.15, 0.2) is 60.7 Å². The van der Waals surface area contributed by atoms with Gasteiger partial charge in [0.2, 0.25) is 0 Å². The molecule has 0 heterocycles. The fourth-order valence-corrected chi connectivity index (χ4v) is 2.07. The first-order valence-electron chi connectivity index (χ1n) is 6.84. The van der Waals surface area contributed by atoms with Gasteiger partial charge >= 0.3 is 0 Å². The number of benzene rings is 2. The molecule has 0 aliphatic rings. The molecule has 3 heteroatoms. The summed E-state index contributed by atoms with van der Waals surface area (Å²) in [4.78, 5) is 0. The number of rotatable bonds is 7. The first-order chi connectivity index (χ1) is 9.74.